The summed E-state index contributed by atoms with van der Waals surface area (Å²) in [7, 11) is 1.41. The lowest BCUT2D eigenvalue weighted by Crippen LogP contribution is -2.30. The van der Waals surface area contributed by atoms with Gasteiger partial charge in [0.15, 0.2) is 6.10 Å². The summed E-state index contributed by atoms with van der Waals surface area (Å²) in [6.07, 6.45) is 0.667. The Morgan fingerprint density at radius 2 is 1.96 bits per heavy atom. The standard InChI is InChI=1S/C18H17FN2O6S/c1-10(17(22)20-11-4-7-14(19)15(8-11)21(24)25)27-18(23)13-6-5-12(28-3)9-16(13)26-2/h4-10H,1-3H3,(H,20,22)/t10-/m0/s1. The van der Waals surface area contributed by atoms with Crippen LogP contribution in [0.2, 0.25) is 0 Å². The summed E-state index contributed by atoms with van der Waals surface area (Å²) in [6, 6.07) is 7.82. The largest absolute Gasteiger partial charge is 0.496 e. The number of hydrogen-bond donors (Lipinski definition) is 1. The van der Waals surface area contributed by atoms with E-state index in [1.807, 2.05) is 6.26 Å². The maximum absolute atomic E-state index is 13.4. The number of nitro benzene ring substituents is 1. The SMILES string of the molecule is COc1cc(SC)ccc1C(=O)O[C@@H](C)C(=O)Nc1ccc(F)c([N+](=O)[O-])c1. The summed E-state index contributed by atoms with van der Waals surface area (Å²) in [5.74, 6) is -2.21. The van der Waals surface area contributed by atoms with E-state index in [0.29, 0.717) is 5.75 Å². The minimum atomic E-state index is -1.21. The second-order valence-corrected chi connectivity index (χ2v) is 6.41. The molecule has 0 bridgehead atoms. The number of thioether (sulfide) groups is 1. The number of methoxy groups -OCH3 is 1. The fourth-order valence-electron chi connectivity index (χ4n) is 2.22. The average Bonchev–Trinajstić information content (AvgIpc) is 2.68. The molecule has 0 radical (unpaired) electrons. The van der Waals surface area contributed by atoms with E-state index in [1.165, 1.54) is 37.9 Å². The third kappa shape index (κ3) is 4.97. The molecule has 0 aliphatic heterocycles. The van der Waals surface area contributed by atoms with E-state index in [0.717, 1.165) is 17.0 Å². The van der Waals surface area contributed by atoms with Crippen LogP contribution in [0.15, 0.2) is 41.3 Å². The zero-order chi connectivity index (χ0) is 20.8. The third-order valence-corrected chi connectivity index (χ3v) is 4.42. The topological polar surface area (TPSA) is 108 Å². The highest BCUT2D eigenvalue weighted by Gasteiger charge is 2.23. The number of carbonyl (C=O) groups is 2. The van der Waals surface area contributed by atoms with Crippen molar-refractivity contribution in [1.82, 2.24) is 0 Å². The summed E-state index contributed by atoms with van der Waals surface area (Å²) in [5.41, 5.74) is -0.624. The molecule has 0 unspecified atom stereocenters. The van der Waals surface area contributed by atoms with Crippen molar-refractivity contribution in [3.8, 4) is 5.75 Å². The van der Waals surface area contributed by atoms with Crippen molar-refractivity contribution in [3.63, 3.8) is 0 Å². The van der Waals surface area contributed by atoms with E-state index in [9.17, 15) is 24.1 Å². The summed E-state index contributed by atoms with van der Waals surface area (Å²) < 4.78 is 23.7. The number of ether oxygens (including phenoxy) is 2. The van der Waals surface area contributed by atoms with Crippen molar-refractivity contribution in [3.05, 3.63) is 57.9 Å². The zero-order valence-electron chi connectivity index (χ0n) is 15.2. The van der Waals surface area contributed by atoms with Crippen molar-refractivity contribution in [2.45, 2.75) is 17.9 Å². The fraction of sp³-hybridized carbons (Fsp3) is 0.222. The predicted molar refractivity (Wildman–Crippen MR) is 101 cm³/mol. The van der Waals surface area contributed by atoms with Gasteiger partial charge in [-0.2, -0.15) is 4.39 Å². The molecule has 0 aromatic heterocycles. The Kier molecular flexibility index (Phi) is 6.94. The van der Waals surface area contributed by atoms with Crippen molar-refractivity contribution in [1.29, 1.82) is 0 Å². The molecule has 0 saturated carbocycles. The Labute approximate surface area is 164 Å². The number of halogens is 1. The van der Waals surface area contributed by atoms with Crippen LogP contribution in [0.5, 0.6) is 5.75 Å². The maximum Gasteiger partial charge on any atom is 0.342 e. The van der Waals surface area contributed by atoms with Gasteiger partial charge in [0.2, 0.25) is 5.82 Å². The molecule has 10 heteroatoms. The van der Waals surface area contributed by atoms with Crippen LogP contribution in [0.25, 0.3) is 0 Å². The van der Waals surface area contributed by atoms with Gasteiger partial charge in [0.05, 0.1) is 12.0 Å². The Hall–Kier alpha value is -3.14. The molecule has 0 aliphatic rings. The van der Waals surface area contributed by atoms with Gasteiger partial charge < -0.3 is 14.8 Å². The lowest BCUT2D eigenvalue weighted by atomic mass is 10.2. The zero-order valence-corrected chi connectivity index (χ0v) is 16.0. The summed E-state index contributed by atoms with van der Waals surface area (Å²) in [6.45, 7) is 1.34. The first-order chi connectivity index (χ1) is 13.3. The molecule has 2 aromatic rings. The molecule has 1 atom stereocenters. The quantitative estimate of drug-likeness (QED) is 0.322. The second-order valence-electron chi connectivity index (χ2n) is 5.53. The first kappa shape index (κ1) is 21.2. The number of nitro groups is 1. The van der Waals surface area contributed by atoms with E-state index < -0.39 is 34.4 Å². The van der Waals surface area contributed by atoms with Gasteiger partial charge in [-0.3, -0.25) is 14.9 Å². The van der Waals surface area contributed by atoms with Gasteiger partial charge >= 0.3 is 11.7 Å². The number of rotatable bonds is 7. The lowest BCUT2D eigenvalue weighted by Gasteiger charge is -2.15. The molecule has 28 heavy (non-hydrogen) atoms. The molecular weight excluding hydrogens is 391 g/mol. The van der Waals surface area contributed by atoms with Crippen LogP contribution in [0, 0.1) is 15.9 Å². The Morgan fingerprint density at radius 1 is 1.25 bits per heavy atom. The molecule has 1 N–H and O–H groups in total. The van der Waals surface area contributed by atoms with Gasteiger partial charge in [-0.25, -0.2) is 4.79 Å². The first-order valence-electron chi connectivity index (χ1n) is 7.94. The van der Waals surface area contributed by atoms with Crippen molar-refractivity contribution >= 4 is 35.0 Å². The van der Waals surface area contributed by atoms with Gasteiger partial charge in [0, 0.05) is 16.6 Å². The van der Waals surface area contributed by atoms with Crippen molar-refractivity contribution in [2.75, 3.05) is 18.7 Å². The molecule has 2 aromatic carbocycles. The van der Waals surface area contributed by atoms with Crippen LogP contribution in [0.4, 0.5) is 15.8 Å². The highest BCUT2D eigenvalue weighted by molar-refractivity contribution is 7.98. The van der Waals surface area contributed by atoms with Crippen LogP contribution in [0.3, 0.4) is 0 Å². The van der Waals surface area contributed by atoms with E-state index in [4.69, 9.17) is 9.47 Å². The van der Waals surface area contributed by atoms with Crippen LogP contribution in [-0.4, -0.2) is 36.3 Å². The number of nitrogens with one attached hydrogen (secondary N) is 1. The van der Waals surface area contributed by atoms with E-state index in [-0.39, 0.29) is 11.3 Å². The van der Waals surface area contributed by atoms with Crippen molar-refractivity contribution in [2.24, 2.45) is 0 Å². The normalized spacial score (nSPS) is 11.4. The maximum atomic E-state index is 13.4. The number of esters is 1. The van der Waals surface area contributed by atoms with E-state index in [1.54, 1.807) is 12.1 Å². The highest BCUT2D eigenvalue weighted by Crippen LogP contribution is 2.26. The Balaban J connectivity index is 2.09. The number of amides is 1. The number of benzene rings is 2. The second kappa shape index (κ2) is 9.18. The summed E-state index contributed by atoms with van der Waals surface area (Å²) >= 11 is 1.47. The smallest absolute Gasteiger partial charge is 0.342 e. The number of anilines is 1. The monoisotopic (exact) mass is 408 g/mol. The molecule has 0 spiro atoms. The van der Waals surface area contributed by atoms with Crippen LogP contribution in [-0.2, 0) is 9.53 Å². The van der Waals surface area contributed by atoms with E-state index in [2.05, 4.69) is 5.32 Å². The Morgan fingerprint density at radius 3 is 2.57 bits per heavy atom. The van der Waals surface area contributed by atoms with Gasteiger partial charge in [-0.15, -0.1) is 11.8 Å². The molecule has 0 aliphatic carbocycles. The van der Waals surface area contributed by atoms with E-state index >= 15 is 0 Å². The molecule has 1 amide bonds. The first-order valence-corrected chi connectivity index (χ1v) is 9.17. The number of hydrogen-bond acceptors (Lipinski definition) is 7. The average molecular weight is 408 g/mol. The minimum Gasteiger partial charge on any atom is -0.496 e. The minimum absolute atomic E-state index is 0.00269. The van der Waals surface area contributed by atoms with Crippen molar-refractivity contribution < 1.29 is 28.4 Å². The molecule has 148 valence electrons. The number of nitrogens with zero attached hydrogens (tertiary/aromatic N) is 1. The van der Waals surface area contributed by atoms with Crippen LogP contribution in [0.1, 0.15) is 17.3 Å². The summed E-state index contributed by atoms with van der Waals surface area (Å²) in [5, 5.41) is 13.1. The van der Waals surface area contributed by atoms with Gasteiger partial charge in [-0.05, 0) is 43.5 Å². The van der Waals surface area contributed by atoms with Gasteiger partial charge in [0.25, 0.3) is 5.91 Å². The predicted octanol–water partition coefficient (Wildman–Crippen LogP) is 3.65. The summed E-state index contributed by atoms with van der Waals surface area (Å²) in [4.78, 5) is 35.3. The molecule has 2 rings (SSSR count). The number of carbonyl (C=O) groups excluding carboxylic acids is 2. The van der Waals surface area contributed by atoms with Crippen LogP contribution < -0.4 is 10.1 Å². The lowest BCUT2D eigenvalue weighted by molar-refractivity contribution is -0.387. The van der Waals surface area contributed by atoms with Gasteiger partial charge in [0.1, 0.15) is 11.3 Å². The molecule has 0 saturated heterocycles. The fourth-order valence-corrected chi connectivity index (χ4v) is 2.65. The molecule has 0 fully saturated rings. The molecular formula is C18H17FN2O6S. The molecule has 8 nitrogen and oxygen atoms in total. The highest BCUT2D eigenvalue weighted by atomic mass is 32.2. The Bertz CT molecular complexity index is 921. The van der Waals surface area contributed by atoms with Crippen LogP contribution >= 0.6 is 11.8 Å². The van der Waals surface area contributed by atoms with Gasteiger partial charge in [-0.1, -0.05) is 0 Å². The molecule has 0 heterocycles. The third-order valence-electron chi connectivity index (χ3n) is 3.69.